The van der Waals surface area contributed by atoms with Crippen LogP contribution in [0.4, 0.5) is 0 Å². The highest BCUT2D eigenvalue weighted by Crippen LogP contribution is 2.34. The van der Waals surface area contributed by atoms with Crippen LogP contribution in [0.1, 0.15) is 82.4 Å². The van der Waals surface area contributed by atoms with E-state index < -0.39 is 0 Å². The largest absolute Gasteiger partial charge is 0.353 e. The van der Waals surface area contributed by atoms with E-state index in [1.54, 1.807) is 0 Å². The van der Waals surface area contributed by atoms with Gasteiger partial charge in [-0.1, -0.05) is 50.7 Å². The summed E-state index contributed by atoms with van der Waals surface area (Å²) in [5, 5.41) is 3.26. The number of para-hydroxylation sites is 2. The molecule has 4 heteroatoms. The minimum atomic E-state index is 0.198. The number of amides is 1. The van der Waals surface area contributed by atoms with Gasteiger partial charge in [-0.3, -0.25) is 4.79 Å². The summed E-state index contributed by atoms with van der Waals surface area (Å²) in [5.41, 5.74) is 2.25. The Morgan fingerprint density at radius 1 is 1.00 bits per heavy atom. The zero-order valence-corrected chi connectivity index (χ0v) is 15.8. The monoisotopic (exact) mass is 353 g/mol. The van der Waals surface area contributed by atoms with Gasteiger partial charge in [0.25, 0.3) is 0 Å². The van der Waals surface area contributed by atoms with Gasteiger partial charge in [0, 0.05) is 24.9 Å². The van der Waals surface area contributed by atoms with Gasteiger partial charge in [0.2, 0.25) is 5.91 Å². The summed E-state index contributed by atoms with van der Waals surface area (Å²) < 4.78 is 2.33. The Hall–Kier alpha value is -1.84. The van der Waals surface area contributed by atoms with E-state index in [9.17, 15) is 4.79 Å². The third kappa shape index (κ3) is 3.94. The molecule has 0 aliphatic heterocycles. The molecule has 2 fully saturated rings. The fourth-order valence-electron chi connectivity index (χ4n) is 4.76. The molecule has 0 unspecified atom stereocenters. The van der Waals surface area contributed by atoms with Crippen LogP contribution >= 0.6 is 0 Å². The topological polar surface area (TPSA) is 46.9 Å². The smallest absolute Gasteiger partial charge is 0.222 e. The van der Waals surface area contributed by atoms with Crippen molar-refractivity contribution in [2.75, 3.05) is 0 Å². The van der Waals surface area contributed by atoms with Crippen LogP contribution < -0.4 is 5.32 Å². The molecule has 0 spiro atoms. The van der Waals surface area contributed by atoms with Gasteiger partial charge < -0.3 is 9.88 Å². The molecule has 2 aromatic rings. The Morgan fingerprint density at radius 3 is 2.46 bits per heavy atom. The number of nitrogens with one attached hydrogen (secondary N) is 1. The van der Waals surface area contributed by atoms with E-state index in [2.05, 4.69) is 34.1 Å². The highest BCUT2D eigenvalue weighted by atomic mass is 16.1. The number of rotatable bonds is 5. The molecule has 0 radical (unpaired) electrons. The molecular weight excluding hydrogens is 322 g/mol. The highest BCUT2D eigenvalue weighted by Gasteiger charge is 2.23. The molecule has 4 nitrogen and oxygen atoms in total. The fraction of sp³-hybridized carbons (Fsp3) is 0.636. The van der Waals surface area contributed by atoms with E-state index in [-0.39, 0.29) is 5.91 Å². The zero-order valence-electron chi connectivity index (χ0n) is 15.8. The Kier molecular flexibility index (Phi) is 5.57. The number of imidazole rings is 1. The van der Waals surface area contributed by atoms with Crippen molar-refractivity contribution in [3.8, 4) is 0 Å². The Balaban J connectivity index is 1.48. The first-order valence-corrected chi connectivity index (χ1v) is 10.6. The van der Waals surface area contributed by atoms with E-state index in [1.165, 1.54) is 62.7 Å². The van der Waals surface area contributed by atoms with Gasteiger partial charge >= 0.3 is 0 Å². The summed E-state index contributed by atoms with van der Waals surface area (Å²) in [6, 6.07) is 8.77. The zero-order chi connectivity index (χ0) is 17.8. The molecule has 1 N–H and O–H groups in total. The third-order valence-corrected chi connectivity index (χ3v) is 6.19. The number of aryl methyl sites for hydroxylation is 1. The molecule has 26 heavy (non-hydrogen) atoms. The fourth-order valence-corrected chi connectivity index (χ4v) is 4.76. The van der Waals surface area contributed by atoms with Crippen molar-refractivity contribution < 1.29 is 4.79 Å². The van der Waals surface area contributed by atoms with E-state index in [1.807, 2.05) is 0 Å². The number of carbonyl (C=O) groups excluding carboxylic acids is 1. The van der Waals surface area contributed by atoms with Crippen LogP contribution in [0.25, 0.3) is 11.0 Å². The van der Waals surface area contributed by atoms with E-state index >= 15 is 0 Å². The molecule has 1 aromatic heterocycles. The number of hydrogen-bond donors (Lipinski definition) is 1. The molecule has 0 saturated heterocycles. The lowest BCUT2D eigenvalue weighted by Crippen LogP contribution is -2.36. The van der Waals surface area contributed by atoms with Crippen molar-refractivity contribution in [2.45, 2.75) is 89.1 Å². The highest BCUT2D eigenvalue weighted by molar-refractivity contribution is 5.78. The van der Waals surface area contributed by atoms with Crippen LogP contribution in [-0.4, -0.2) is 21.5 Å². The first-order valence-electron chi connectivity index (χ1n) is 10.6. The minimum absolute atomic E-state index is 0.198. The molecule has 1 amide bonds. The molecular formula is C22H31N3O. The average Bonchev–Trinajstić information content (AvgIpc) is 3.06. The van der Waals surface area contributed by atoms with Crippen molar-refractivity contribution in [1.29, 1.82) is 0 Å². The Labute approximate surface area is 156 Å². The normalized spacial score (nSPS) is 19.7. The summed E-state index contributed by atoms with van der Waals surface area (Å²) in [4.78, 5) is 17.4. The summed E-state index contributed by atoms with van der Waals surface area (Å²) in [5.74, 6) is 1.96. The van der Waals surface area contributed by atoms with Crippen molar-refractivity contribution in [2.24, 2.45) is 0 Å². The van der Waals surface area contributed by atoms with Crippen LogP contribution in [0.15, 0.2) is 24.3 Å². The number of aromatic nitrogens is 2. The number of fused-ring (bicyclic) bond motifs is 1. The van der Waals surface area contributed by atoms with Crippen molar-refractivity contribution in [3.05, 3.63) is 30.1 Å². The van der Waals surface area contributed by atoms with Crippen molar-refractivity contribution in [3.63, 3.8) is 0 Å². The van der Waals surface area contributed by atoms with Gasteiger partial charge in [0.05, 0.1) is 11.0 Å². The summed E-state index contributed by atoms with van der Waals surface area (Å²) in [6.45, 7) is 0.741. The summed E-state index contributed by atoms with van der Waals surface area (Å²) in [7, 11) is 0. The second kappa shape index (κ2) is 8.24. The van der Waals surface area contributed by atoms with Gasteiger partial charge in [-0.05, 0) is 37.8 Å². The molecule has 2 aliphatic carbocycles. The van der Waals surface area contributed by atoms with Crippen molar-refractivity contribution in [1.82, 2.24) is 14.9 Å². The lowest BCUT2D eigenvalue weighted by Gasteiger charge is -2.24. The summed E-state index contributed by atoms with van der Waals surface area (Å²) >= 11 is 0. The third-order valence-electron chi connectivity index (χ3n) is 6.19. The van der Waals surface area contributed by atoms with Gasteiger partial charge in [0.1, 0.15) is 5.82 Å². The Bertz CT molecular complexity index is 739. The van der Waals surface area contributed by atoms with Crippen LogP contribution in [0, 0.1) is 0 Å². The Morgan fingerprint density at radius 2 is 1.69 bits per heavy atom. The molecule has 1 heterocycles. The first-order chi connectivity index (χ1) is 12.8. The number of hydrogen-bond acceptors (Lipinski definition) is 2. The van der Waals surface area contributed by atoms with Crippen LogP contribution in [0.5, 0.6) is 0 Å². The van der Waals surface area contributed by atoms with Gasteiger partial charge in [-0.25, -0.2) is 4.98 Å². The average molecular weight is 354 g/mol. The molecule has 2 aliphatic rings. The van der Waals surface area contributed by atoms with E-state index in [4.69, 9.17) is 4.98 Å². The van der Waals surface area contributed by atoms with Crippen LogP contribution in [0.3, 0.4) is 0 Å². The van der Waals surface area contributed by atoms with Crippen LogP contribution in [0.2, 0.25) is 0 Å². The summed E-state index contributed by atoms with van der Waals surface area (Å²) in [6.07, 6.45) is 13.1. The molecule has 0 atom stereocenters. The second-order valence-corrected chi connectivity index (χ2v) is 8.10. The minimum Gasteiger partial charge on any atom is -0.353 e. The molecule has 2 saturated carbocycles. The first kappa shape index (κ1) is 17.6. The number of carbonyl (C=O) groups is 1. The van der Waals surface area contributed by atoms with Gasteiger partial charge in [-0.2, -0.15) is 0 Å². The molecule has 1 aromatic carbocycles. The van der Waals surface area contributed by atoms with Gasteiger partial charge in [-0.15, -0.1) is 0 Å². The number of benzene rings is 1. The van der Waals surface area contributed by atoms with Crippen LogP contribution in [-0.2, 0) is 11.3 Å². The quantitative estimate of drug-likeness (QED) is 0.829. The predicted octanol–water partition coefficient (Wildman–Crippen LogP) is 4.92. The van der Waals surface area contributed by atoms with Gasteiger partial charge in [0.15, 0.2) is 0 Å². The maximum atomic E-state index is 12.5. The maximum absolute atomic E-state index is 12.5. The molecule has 4 rings (SSSR count). The lowest BCUT2D eigenvalue weighted by molar-refractivity contribution is -0.122. The number of nitrogens with zero attached hydrogens (tertiary/aromatic N) is 2. The standard InChI is InChI=1S/C22H31N3O/c26-21(23-18-11-5-2-6-12-18)15-16-25-20-14-8-7-13-19(20)24-22(25)17-9-3-1-4-10-17/h7-8,13-14,17-18H,1-6,9-12,15-16H2,(H,23,26). The SMILES string of the molecule is O=C(CCn1c(C2CCCCC2)nc2ccccc21)NC1CCCCC1. The maximum Gasteiger partial charge on any atom is 0.222 e. The molecule has 0 bridgehead atoms. The lowest BCUT2D eigenvalue weighted by atomic mass is 9.88. The van der Waals surface area contributed by atoms with E-state index in [0.29, 0.717) is 18.4 Å². The van der Waals surface area contributed by atoms with Crippen molar-refractivity contribution >= 4 is 16.9 Å². The molecule has 140 valence electrons. The van der Waals surface area contributed by atoms with E-state index in [0.717, 1.165) is 24.9 Å². The predicted molar refractivity (Wildman–Crippen MR) is 105 cm³/mol. The second-order valence-electron chi connectivity index (χ2n) is 8.10.